The molecule has 9 rings (SSSR count). The monoisotopic (exact) mass is 610 g/mol. The molecule has 4 aromatic rings. The Morgan fingerprint density at radius 3 is 2.07 bits per heavy atom. The number of carbonyl (C=O) groups excluding carboxylic acids is 1. The summed E-state index contributed by atoms with van der Waals surface area (Å²) in [6.45, 7) is 9.28. The van der Waals surface area contributed by atoms with Crippen LogP contribution in [0.5, 0.6) is 0 Å². The number of carbonyl (C=O) groups is 1. The van der Waals surface area contributed by atoms with Crippen LogP contribution in [0.4, 0.5) is 17.1 Å². The van der Waals surface area contributed by atoms with Gasteiger partial charge in [-0.2, -0.15) is 0 Å². The molecule has 2 heterocycles. The van der Waals surface area contributed by atoms with Crippen molar-refractivity contribution in [2.45, 2.75) is 77.5 Å². The lowest BCUT2D eigenvalue weighted by molar-refractivity contribution is -0.109. The summed E-state index contributed by atoms with van der Waals surface area (Å²) in [4.78, 5) is 19.7. The van der Waals surface area contributed by atoms with Crippen molar-refractivity contribution in [3.63, 3.8) is 0 Å². The summed E-state index contributed by atoms with van der Waals surface area (Å²) in [5.74, 6) is 2.20. The average molecular weight is 611 g/mol. The number of nitrogens with one attached hydrogen (secondary N) is 3. The van der Waals surface area contributed by atoms with Crippen LogP contribution in [-0.4, -0.2) is 22.2 Å². The molecule has 4 N–H and O–H groups in total. The first kappa shape index (κ1) is 27.9. The van der Waals surface area contributed by atoms with Crippen LogP contribution in [0, 0.1) is 23.7 Å². The second kappa shape index (κ2) is 9.60. The second-order valence-electron chi connectivity index (χ2n) is 15.5. The minimum absolute atomic E-state index is 0.0784. The molecule has 2 spiro atoms. The fourth-order valence-electron chi connectivity index (χ4n) is 10.1. The number of aliphatic hydroxyl groups excluding tert-OH is 1. The molecule has 0 amide bonds. The van der Waals surface area contributed by atoms with Gasteiger partial charge in [0.1, 0.15) is 17.1 Å². The standard InChI is InChI=1S/C40H42N4O2/c1-21-15-22(2)18-39(17-21)41-29-9-5-7-25-11-13-27(35(43-39)31(25)29)33-37(45)34(38(33)46)28-14-12-26-8-6-10-30-32(26)36(28)44-40(42-30)19-23(3)16-24(4)20-40/h5-14,21-24,41,43-45H,15-20H2,1-4H3/b34-28-. The molecule has 4 unspecified atom stereocenters. The van der Waals surface area contributed by atoms with E-state index in [1.807, 2.05) is 12.1 Å². The van der Waals surface area contributed by atoms with E-state index in [4.69, 9.17) is 4.99 Å². The molecule has 6 nitrogen and oxygen atoms in total. The molecule has 2 aliphatic heterocycles. The van der Waals surface area contributed by atoms with Crippen molar-refractivity contribution in [3.8, 4) is 0 Å². The number of anilines is 3. The van der Waals surface area contributed by atoms with Gasteiger partial charge in [0, 0.05) is 27.2 Å². The zero-order valence-electron chi connectivity index (χ0n) is 27.1. The Hall–Kier alpha value is -4.32. The molecular formula is C40H42N4O2. The third kappa shape index (κ3) is 4.01. The molecular weight excluding hydrogens is 568 g/mol. The van der Waals surface area contributed by atoms with E-state index in [2.05, 4.69) is 92.2 Å². The predicted molar refractivity (Wildman–Crippen MR) is 187 cm³/mol. The van der Waals surface area contributed by atoms with Crippen LogP contribution in [0.2, 0.25) is 0 Å². The molecule has 2 saturated carbocycles. The topological polar surface area (TPSA) is 85.8 Å². The van der Waals surface area contributed by atoms with E-state index in [0.29, 0.717) is 34.8 Å². The van der Waals surface area contributed by atoms with Gasteiger partial charge in [-0.3, -0.25) is 9.79 Å². The highest BCUT2D eigenvalue weighted by Gasteiger charge is 2.45. The third-order valence-electron chi connectivity index (χ3n) is 11.3. The fraction of sp³-hybridized carbons (Fsp3) is 0.400. The van der Waals surface area contributed by atoms with E-state index in [1.165, 1.54) is 12.8 Å². The number of rotatable bonds is 1. The van der Waals surface area contributed by atoms with Crippen LogP contribution < -0.4 is 26.5 Å². The van der Waals surface area contributed by atoms with Crippen molar-refractivity contribution in [2.75, 3.05) is 16.0 Å². The maximum Gasteiger partial charge on any atom is 0.201 e. The van der Waals surface area contributed by atoms with Crippen LogP contribution in [0.1, 0.15) is 71.8 Å². The first-order chi connectivity index (χ1) is 22.1. The number of hydrogen-bond acceptors (Lipinski definition) is 6. The van der Waals surface area contributed by atoms with Crippen molar-refractivity contribution in [1.82, 2.24) is 0 Å². The third-order valence-corrected chi connectivity index (χ3v) is 11.3. The number of allylic oxidation sites excluding steroid dienone is 2. The molecule has 4 atom stereocenters. The van der Waals surface area contributed by atoms with Crippen molar-refractivity contribution < 1.29 is 9.90 Å². The van der Waals surface area contributed by atoms with Gasteiger partial charge in [0.2, 0.25) is 5.78 Å². The highest BCUT2D eigenvalue weighted by atomic mass is 16.3. The van der Waals surface area contributed by atoms with Gasteiger partial charge < -0.3 is 21.1 Å². The van der Waals surface area contributed by atoms with E-state index >= 15 is 0 Å². The zero-order chi connectivity index (χ0) is 31.5. The maximum absolute atomic E-state index is 14.4. The Morgan fingerprint density at radius 1 is 0.696 bits per heavy atom. The lowest BCUT2D eigenvalue weighted by Crippen LogP contribution is -2.53. The summed E-state index contributed by atoms with van der Waals surface area (Å²) in [7, 11) is 0. The van der Waals surface area contributed by atoms with Gasteiger partial charge in [-0.05, 0) is 85.1 Å². The molecule has 0 saturated heterocycles. The van der Waals surface area contributed by atoms with Crippen LogP contribution in [0.25, 0.3) is 32.7 Å². The molecule has 234 valence electrons. The molecule has 46 heavy (non-hydrogen) atoms. The highest BCUT2D eigenvalue weighted by molar-refractivity contribution is 6.52. The van der Waals surface area contributed by atoms with Gasteiger partial charge in [0.15, 0.2) is 0 Å². The molecule has 0 radical (unpaired) electrons. The molecule has 3 aliphatic carbocycles. The molecule has 6 heteroatoms. The Balaban J connectivity index is 1.23. The Labute approximate surface area is 269 Å². The van der Waals surface area contributed by atoms with Gasteiger partial charge in [-0.15, -0.1) is 0 Å². The molecule has 4 aromatic carbocycles. The Morgan fingerprint density at radius 2 is 1.35 bits per heavy atom. The minimum Gasteiger partial charge on any atom is -0.506 e. The number of Topliss-reactive ketones (excluding diaryl/α,β-unsaturated/α-hetero) is 1. The smallest absolute Gasteiger partial charge is 0.201 e. The normalized spacial score (nSPS) is 32.6. The summed E-state index contributed by atoms with van der Waals surface area (Å²) in [6.07, 6.45) is 6.28. The Kier molecular flexibility index (Phi) is 5.83. The predicted octanol–water partition coefficient (Wildman–Crippen LogP) is 7.88. The maximum atomic E-state index is 14.4. The number of nitrogens with zero attached hydrogens (tertiary/aromatic N) is 1. The summed E-state index contributed by atoms with van der Waals surface area (Å²) in [5, 5.41) is 29.6. The lowest BCUT2D eigenvalue weighted by atomic mass is 9.74. The van der Waals surface area contributed by atoms with E-state index in [9.17, 15) is 9.90 Å². The van der Waals surface area contributed by atoms with E-state index in [0.717, 1.165) is 80.4 Å². The van der Waals surface area contributed by atoms with Crippen LogP contribution in [0.3, 0.4) is 0 Å². The number of aliphatic hydroxyl groups is 1. The first-order valence-corrected chi connectivity index (χ1v) is 17.2. The number of ketones is 1. The van der Waals surface area contributed by atoms with Gasteiger partial charge in [-0.1, -0.05) is 76.2 Å². The quantitative estimate of drug-likeness (QED) is 0.176. The molecule has 0 bridgehead atoms. The van der Waals surface area contributed by atoms with Crippen molar-refractivity contribution in [2.24, 2.45) is 28.7 Å². The van der Waals surface area contributed by atoms with Crippen LogP contribution in [-0.2, 0) is 4.79 Å². The lowest BCUT2D eigenvalue weighted by Gasteiger charge is -2.48. The zero-order valence-corrected chi connectivity index (χ0v) is 27.1. The highest BCUT2D eigenvalue weighted by Crippen LogP contribution is 2.50. The Bertz CT molecular complexity index is 2140. The SMILES string of the molecule is CC1CC(C)CC2(C1)N=c1cccc3cc/c(=C4/C(=O)C(c5ccc6cccc7c6c5NC5(CC(C)CC(C)C5)N7)=C4O)c(c13)N2. The van der Waals surface area contributed by atoms with E-state index in [1.54, 1.807) is 0 Å². The first-order valence-electron chi connectivity index (χ1n) is 17.2. The van der Waals surface area contributed by atoms with Crippen LogP contribution >= 0.6 is 0 Å². The van der Waals surface area contributed by atoms with Crippen molar-refractivity contribution in [1.29, 1.82) is 0 Å². The molecule has 0 aromatic heterocycles. The van der Waals surface area contributed by atoms with Gasteiger partial charge in [0.25, 0.3) is 0 Å². The van der Waals surface area contributed by atoms with E-state index in [-0.39, 0.29) is 17.2 Å². The molecule has 5 aliphatic rings. The summed E-state index contributed by atoms with van der Waals surface area (Å²) in [5.41, 5.74) is 3.83. The fourth-order valence-corrected chi connectivity index (χ4v) is 10.1. The summed E-state index contributed by atoms with van der Waals surface area (Å²) < 4.78 is 0. The van der Waals surface area contributed by atoms with E-state index < -0.39 is 5.66 Å². The minimum atomic E-state index is -0.414. The van der Waals surface area contributed by atoms with Crippen molar-refractivity contribution >= 4 is 55.5 Å². The molecule has 2 fully saturated rings. The van der Waals surface area contributed by atoms with Gasteiger partial charge in [-0.25, -0.2) is 0 Å². The largest absolute Gasteiger partial charge is 0.506 e. The summed E-state index contributed by atoms with van der Waals surface area (Å²) in [6, 6.07) is 20.8. The number of benzene rings is 4. The average Bonchev–Trinajstić information content (AvgIpc) is 2.98. The summed E-state index contributed by atoms with van der Waals surface area (Å²) >= 11 is 0. The van der Waals surface area contributed by atoms with Crippen LogP contribution in [0.15, 0.2) is 71.4 Å². The number of hydrogen-bond donors (Lipinski definition) is 4. The van der Waals surface area contributed by atoms with Crippen molar-refractivity contribution in [3.05, 3.63) is 82.6 Å². The van der Waals surface area contributed by atoms with Gasteiger partial charge in [0.05, 0.1) is 27.9 Å². The van der Waals surface area contributed by atoms with Gasteiger partial charge >= 0.3 is 0 Å². The second-order valence-corrected chi connectivity index (χ2v) is 15.5.